The molecule has 0 saturated carbocycles. The minimum atomic E-state index is -0.419. The van der Waals surface area contributed by atoms with Crippen LogP contribution in [0.15, 0.2) is 24.3 Å². The quantitative estimate of drug-likeness (QED) is 0.679. The molecule has 0 saturated heterocycles. The molecule has 1 aromatic carbocycles. The first-order valence-electron chi connectivity index (χ1n) is 3.76. The zero-order valence-corrected chi connectivity index (χ0v) is 6.95. The van der Waals surface area contributed by atoms with Gasteiger partial charge in [0.05, 0.1) is 0 Å². The van der Waals surface area contributed by atoms with Gasteiger partial charge >= 0.3 is 0 Å². The monoisotopic (exact) mass is 164 g/mol. The molecule has 0 heterocycles. The first-order chi connectivity index (χ1) is 5.61. The topological polar surface area (TPSA) is 69.1 Å². The third-order valence-corrected chi connectivity index (χ3v) is 1.70. The van der Waals surface area contributed by atoms with Gasteiger partial charge in [-0.15, -0.1) is 0 Å². The van der Waals surface area contributed by atoms with Crippen molar-refractivity contribution in [3.63, 3.8) is 0 Å². The van der Waals surface area contributed by atoms with Crippen molar-refractivity contribution in [1.82, 2.24) is 0 Å². The second-order valence-corrected chi connectivity index (χ2v) is 2.78. The van der Waals surface area contributed by atoms with Crippen LogP contribution < -0.4 is 11.5 Å². The summed E-state index contributed by atoms with van der Waals surface area (Å²) in [6, 6.07) is 6.97. The zero-order chi connectivity index (χ0) is 9.14. The normalized spacial score (nSPS) is 12.5. The lowest BCUT2D eigenvalue weighted by molar-refractivity contribution is 0.1000. The molecule has 3 heteroatoms. The van der Waals surface area contributed by atoms with E-state index in [0.29, 0.717) is 5.56 Å². The van der Waals surface area contributed by atoms with Crippen LogP contribution in [0.25, 0.3) is 0 Å². The molecule has 0 spiro atoms. The summed E-state index contributed by atoms with van der Waals surface area (Å²) in [6.07, 6.45) is 0. The van der Waals surface area contributed by atoms with Crippen LogP contribution in [0.2, 0.25) is 0 Å². The van der Waals surface area contributed by atoms with Crippen molar-refractivity contribution >= 4 is 5.91 Å². The maximum Gasteiger partial charge on any atom is 0.248 e. The molecular formula is C9H12N2O. The van der Waals surface area contributed by atoms with Gasteiger partial charge in [0.1, 0.15) is 0 Å². The Morgan fingerprint density at radius 1 is 1.50 bits per heavy atom. The Balaban J connectivity index is 3.04. The zero-order valence-electron chi connectivity index (χ0n) is 6.95. The molecular weight excluding hydrogens is 152 g/mol. The molecule has 4 N–H and O–H groups in total. The average Bonchev–Trinajstić information content (AvgIpc) is 2.04. The number of hydrogen-bond donors (Lipinski definition) is 2. The molecule has 64 valence electrons. The largest absolute Gasteiger partial charge is 0.366 e. The van der Waals surface area contributed by atoms with Crippen molar-refractivity contribution in [3.05, 3.63) is 35.4 Å². The second kappa shape index (κ2) is 3.36. The summed E-state index contributed by atoms with van der Waals surface area (Å²) in [5.41, 5.74) is 12.2. The van der Waals surface area contributed by atoms with Crippen LogP contribution in [0.1, 0.15) is 28.9 Å². The summed E-state index contributed by atoms with van der Waals surface area (Å²) in [5, 5.41) is 0. The van der Waals surface area contributed by atoms with Gasteiger partial charge in [0.2, 0.25) is 5.91 Å². The van der Waals surface area contributed by atoms with Crippen molar-refractivity contribution < 1.29 is 4.79 Å². The molecule has 1 aromatic rings. The first-order valence-corrected chi connectivity index (χ1v) is 3.76. The molecule has 0 aliphatic heterocycles. The lowest BCUT2D eigenvalue weighted by Gasteiger charge is -2.05. The Morgan fingerprint density at radius 3 is 2.67 bits per heavy atom. The van der Waals surface area contributed by atoms with Crippen LogP contribution in [-0.4, -0.2) is 5.91 Å². The Labute approximate surface area is 71.4 Å². The summed E-state index contributed by atoms with van der Waals surface area (Å²) in [5.74, 6) is -0.419. The van der Waals surface area contributed by atoms with Crippen LogP contribution in [0.4, 0.5) is 0 Å². The minimum absolute atomic E-state index is 0.0655. The number of amides is 1. The Bertz CT molecular complexity index is 294. The van der Waals surface area contributed by atoms with Gasteiger partial charge < -0.3 is 11.5 Å². The first kappa shape index (κ1) is 8.74. The van der Waals surface area contributed by atoms with Crippen molar-refractivity contribution in [2.45, 2.75) is 13.0 Å². The fraction of sp³-hybridized carbons (Fsp3) is 0.222. The number of benzene rings is 1. The van der Waals surface area contributed by atoms with Crippen molar-refractivity contribution in [3.8, 4) is 0 Å². The van der Waals surface area contributed by atoms with Gasteiger partial charge in [-0.25, -0.2) is 0 Å². The number of hydrogen-bond acceptors (Lipinski definition) is 2. The lowest BCUT2D eigenvalue weighted by atomic mass is 10.1. The van der Waals surface area contributed by atoms with E-state index in [1.165, 1.54) is 0 Å². The van der Waals surface area contributed by atoms with Gasteiger partial charge in [-0.3, -0.25) is 4.79 Å². The van der Waals surface area contributed by atoms with E-state index in [9.17, 15) is 4.79 Å². The Kier molecular flexibility index (Phi) is 2.45. The highest BCUT2D eigenvalue weighted by molar-refractivity contribution is 5.92. The van der Waals surface area contributed by atoms with Crippen molar-refractivity contribution in [2.24, 2.45) is 11.5 Å². The molecule has 1 amide bonds. The number of primary amides is 1. The molecule has 0 aromatic heterocycles. The molecule has 0 radical (unpaired) electrons. The number of carbonyl (C=O) groups excluding carboxylic acids is 1. The van der Waals surface area contributed by atoms with E-state index in [1.54, 1.807) is 18.2 Å². The molecule has 0 aliphatic carbocycles. The summed E-state index contributed by atoms with van der Waals surface area (Å²) in [4.78, 5) is 10.8. The fourth-order valence-electron chi connectivity index (χ4n) is 0.975. The molecule has 12 heavy (non-hydrogen) atoms. The summed E-state index contributed by atoms with van der Waals surface area (Å²) in [6.45, 7) is 1.86. The van der Waals surface area contributed by atoms with Crippen LogP contribution in [-0.2, 0) is 0 Å². The average molecular weight is 164 g/mol. The highest BCUT2D eigenvalue weighted by Crippen LogP contribution is 2.10. The van der Waals surface area contributed by atoms with E-state index in [-0.39, 0.29) is 6.04 Å². The Hall–Kier alpha value is -1.35. The third-order valence-electron chi connectivity index (χ3n) is 1.70. The predicted molar refractivity (Wildman–Crippen MR) is 47.6 cm³/mol. The van der Waals surface area contributed by atoms with Crippen molar-refractivity contribution in [1.29, 1.82) is 0 Å². The Morgan fingerprint density at radius 2 is 2.17 bits per heavy atom. The van der Waals surface area contributed by atoms with Gasteiger partial charge in [-0.2, -0.15) is 0 Å². The van der Waals surface area contributed by atoms with Gasteiger partial charge in [-0.05, 0) is 24.6 Å². The minimum Gasteiger partial charge on any atom is -0.366 e. The smallest absolute Gasteiger partial charge is 0.248 e. The molecule has 0 aliphatic rings. The maximum absolute atomic E-state index is 10.8. The summed E-state index contributed by atoms with van der Waals surface area (Å²) < 4.78 is 0. The van der Waals surface area contributed by atoms with E-state index in [4.69, 9.17) is 11.5 Å². The van der Waals surface area contributed by atoms with Crippen LogP contribution in [0, 0.1) is 0 Å². The maximum atomic E-state index is 10.8. The van der Waals surface area contributed by atoms with E-state index < -0.39 is 5.91 Å². The summed E-state index contributed by atoms with van der Waals surface area (Å²) in [7, 11) is 0. The second-order valence-electron chi connectivity index (χ2n) is 2.78. The number of carbonyl (C=O) groups is 1. The van der Waals surface area contributed by atoms with Crippen LogP contribution in [0.5, 0.6) is 0 Å². The van der Waals surface area contributed by atoms with E-state index in [0.717, 1.165) is 5.56 Å². The SMILES string of the molecule is C[C@@H](N)c1cccc(C(N)=O)c1. The van der Waals surface area contributed by atoms with Gasteiger partial charge in [0.25, 0.3) is 0 Å². The fourth-order valence-corrected chi connectivity index (χ4v) is 0.975. The van der Waals surface area contributed by atoms with Crippen molar-refractivity contribution in [2.75, 3.05) is 0 Å². The predicted octanol–water partition coefficient (Wildman–Crippen LogP) is 0.805. The number of nitrogens with two attached hydrogens (primary N) is 2. The molecule has 1 rings (SSSR count). The van der Waals surface area contributed by atoms with Crippen LogP contribution in [0.3, 0.4) is 0 Å². The van der Waals surface area contributed by atoms with E-state index in [2.05, 4.69) is 0 Å². The molecule has 0 unspecified atom stereocenters. The highest BCUT2D eigenvalue weighted by atomic mass is 16.1. The van der Waals surface area contributed by atoms with Gasteiger partial charge in [0, 0.05) is 11.6 Å². The molecule has 3 nitrogen and oxygen atoms in total. The third kappa shape index (κ3) is 1.83. The number of rotatable bonds is 2. The summed E-state index contributed by atoms with van der Waals surface area (Å²) >= 11 is 0. The molecule has 0 bridgehead atoms. The standard InChI is InChI=1S/C9H12N2O/c1-6(10)7-3-2-4-8(5-7)9(11)12/h2-6H,10H2,1H3,(H2,11,12)/t6-/m1/s1. The highest BCUT2D eigenvalue weighted by Gasteiger charge is 2.03. The van der Waals surface area contributed by atoms with E-state index >= 15 is 0 Å². The van der Waals surface area contributed by atoms with Gasteiger partial charge in [0.15, 0.2) is 0 Å². The molecule has 0 fully saturated rings. The van der Waals surface area contributed by atoms with E-state index in [1.807, 2.05) is 13.0 Å². The lowest BCUT2D eigenvalue weighted by Crippen LogP contribution is -2.12. The van der Waals surface area contributed by atoms with Crippen LogP contribution >= 0.6 is 0 Å². The molecule has 1 atom stereocenters. The van der Waals surface area contributed by atoms with Gasteiger partial charge in [-0.1, -0.05) is 12.1 Å².